The minimum Gasteiger partial charge on any atom is -0.505 e. The largest absolute Gasteiger partial charge is 0.505 e. The lowest BCUT2D eigenvalue weighted by Gasteiger charge is -2.15. The number of carbonyl (C=O) groups is 1. The first-order valence-corrected chi connectivity index (χ1v) is 10.1. The fraction of sp³-hybridized carbons (Fsp3) is 0.130. The molecule has 2 aromatic carbocycles. The summed E-state index contributed by atoms with van der Waals surface area (Å²) in [6, 6.07) is 12.1. The third-order valence-electron chi connectivity index (χ3n) is 4.88. The zero-order valence-electron chi connectivity index (χ0n) is 17.3. The van der Waals surface area contributed by atoms with Crippen LogP contribution in [0.25, 0.3) is 22.6 Å². The highest BCUT2D eigenvalue weighted by atomic mass is 35.5. The fourth-order valence-corrected chi connectivity index (χ4v) is 3.27. The van der Waals surface area contributed by atoms with E-state index in [0.717, 1.165) is 5.56 Å². The van der Waals surface area contributed by atoms with Gasteiger partial charge in [0.1, 0.15) is 5.69 Å². The van der Waals surface area contributed by atoms with Crippen LogP contribution in [-0.2, 0) is 7.05 Å². The van der Waals surface area contributed by atoms with Gasteiger partial charge in [0.25, 0.3) is 5.91 Å². The molecule has 0 bridgehead atoms. The van der Waals surface area contributed by atoms with Crippen molar-refractivity contribution in [3.63, 3.8) is 0 Å². The summed E-state index contributed by atoms with van der Waals surface area (Å²) < 4.78 is 15.3. The van der Waals surface area contributed by atoms with E-state index in [1.807, 2.05) is 0 Å². The van der Waals surface area contributed by atoms with Crippen LogP contribution in [0.4, 0.5) is 4.39 Å². The summed E-state index contributed by atoms with van der Waals surface area (Å²) in [5.74, 6) is -1.31. The minimum absolute atomic E-state index is 0.148. The number of aromatic hydroxyl groups is 1. The molecule has 0 aliphatic rings. The predicted molar refractivity (Wildman–Crippen MR) is 119 cm³/mol. The van der Waals surface area contributed by atoms with Crippen molar-refractivity contribution in [1.29, 1.82) is 0 Å². The number of phenolic OH excluding ortho intramolecular Hbond substituents is 1. The monoisotopic (exact) mass is 451 g/mol. The Kier molecular flexibility index (Phi) is 5.87. The second kappa shape index (κ2) is 8.76. The molecule has 32 heavy (non-hydrogen) atoms. The maximum atomic E-state index is 13.7. The average molecular weight is 452 g/mol. The van der Waals surface area contributed by atoms with Crippen LogP contribution in [-0.4, -0.2) is 30.8 Å². The SMILES string of the molecule is CC(NC(=O)c1cc(-c2ccc(Cl)cc2)nc(-c2cnn(C)c2)n1)c1ccc(O)c(F)c1. The van der Waals surface area contributed by atoms with E-state index in [2.05, 4.69) is 20.4 Å². The van der Waals surface area contributed by atoms with Crippen LogP contribution < -0.4 is 5.32 Å². The highest BCUT2D eigenvalue weighted by Gasteiger charge is 2.18. The van der Waals surface area contributed by atoms with E-state index >= 15 is 0 Å². The zero-order chi connectivity index (χ0) is 22.8. The first-order chi connectivity index (χ1) is 15.3. The molecule has 0 saturated carbocycles. The number of nitrogens with one attached hydrogen (secondary N) is 1. The fourth-order valence-electron chi connectivity index (χ4n) is 3.14. The average Bonchev–Trinajstić information content (AvgIpc) is 3.22. The van der Waals surface area contributed by atoms with Crippen molar-refractivity contribution in [2.75, 3.05) is 0 Å². The number of carbonyl (C=O) groups excluding carboxylic acids is 1. The Bertz CT molecular complexity index is 1290. The minimum atomic E-state index is -0.755. The van der Waals surface area contributed by atoms with Gasteiger partial charge < -0.3 is 10.4 Å². The van der Waals surface area contributed by atoms with E-state index in [1.165, 1.54) is 12.1 Å². The lowest BCUT2D eigenvalue weighted by Crippen LogP contribution is -2.27. The zero-order valence-corrected chi connectivity index (χ0v) is 18.0. The molecule has 0 radical (unpaired) electrons. The molecule has 162 valence electrons. The molecule has 2 N–H and O–H groups in total. The molecule has 4 rings (SSSR count). The Labute approximate surface area is 188 Å². The van der Waals surface area contributed by atoms with Crippen molar-refractivity contribution in [3.05, 3.63) is 83.0 Å². The quantitative estimate of drug-likeness (QED) is 0.465. The number of hydrogen-bond donors (Lipinski definition) is 2. The van der Waals surface area contributed by atoms with Crippen LogP contribution in [0.3, 0.4) is 0 Å². The maximum absolute atomic E-state index is 13.7. The Morgan fingerprint density at radius 2 is 1.88 bits per heavy atom. The number of phenols is 1. The molecule has 0 saturated heterocycles. The molecular weight excluding hydrogens is 433 g/mol. The number of nitrogens with zero attached hydrogens (tertiary/aromatic N) is 4. The van der Waals surface area contributed by atoms with Crippen molar-refractivity contribution in [3.8, 4) is 28.4 Å². The highest BCUT2D eigenvalue weighted by molar-refractivity contribution is 6.30. The topological polar surface area (TPSA) is 92.9 Å². The van der Waals surface area contributed by atoms with Gasteiger partial charge in [-0.15, -0.1) is 0 Å². The van der Waals surface area contributed by atoms with E-state index in [-0.39, 0.29) is 5.69 Å². The highest BCUT2D eigenvalue weighted by Crippen LogP contribution is 2.25. The first kappa shape index (κ1) is 21.5. The first-order valence-electron chi connectivity index (χ1n) is 9.73. The van der Waals surface area contributed by atoms with Gasteiger partial charge in [-0.2, -0.15) is 5.10 Å². The molecule has 0 spiro atoms. The summed E-state index contributed by atoms with van der Waals surface area (Å²) in [5, 5.41) is 16.9. The second-order valence-electron chi connectivity index (χ2n) is 7.28. The summed E-state index contributed by atoms with van der Waals surface area (Å²) in [4.78, 5) is 22.0. The number of rotatable bonds is 5. The predicted octanol–water partition coefficient (Wildman–Crippen LogP) is 4.53. The van der Waals surface area contributed by atoms with Gasteiger partial charge in [-0.05, 0) is 42.8 Å². The standard InChI is InChI=1S/C23H19ClFN5O2/c1-13(15-5-8-21(31)18(25)9-15)27-23(32)20-10-19(14-3-6-17(24)7-4-14)28-22(29-20)16-11-26-30(2)12-16/h3-13,31H,1-2H3,(H,27,32). The van der Waals surface area contributed by atoms with E-state index in [4.69, 9.17) is 11.6 Å². The van der Waals surface area contributed by atoms with Crippen molar-refractivity contribution < 1.29 is 14.3 Å². The van der Waals surface area contributed by atoms with Gasteiger partial charge in [0.05, 0.1) is 23.5 Å². The molecule has 0 fully saturated rings. The molecular formula is C23H19ClFN5O2. The van der Waals surface area contributed by atoms with E-state index in [0.29, 0.717) is 27.7 Å². The van der Waals surface area contributed by atoms with Gasteiger partial charge in [-0.1, -0.05) is 29.8 Å². The lowest BCUT2D eigenvalue weighted by atomic mass is 10.1. The third kappa shape index (κ3) is 4.60. The van der Waals surface area contributed by atoms with Crippen LogP contribution in [0.1, 0.15) is 29.0 Å². The Balaban J connectivity index is 1.69. The number of halogens is 2. The van der Waals surface area contributed by atoms with Gasteiger partial charge in [0.2, 0.25) is 0 Å². The normalized spacial score (nSPS) is 11.9. The number of benzene rings is 2. The summed E-state index contributed by atoms with van der Waals surface area (Å²) in [6.45, 7) is 1.72. The van der Waals surface area contributed by atoms with Crippen LogP contribution in [0, 0.1) is 5.82 Å². The molecule has 1 atom stereocenters. The maximum Gasteiger partial charge on any atom is 0.270 e. The Morgan fingerprint density at radius 1 is 1.12 bits per heavy atom. The van der Waals surface area contributed by atoms with E-state index in [1.54, 1.807) is 67.4 Å². The van der Waals surface area contributed by atoms with Gasteiger partial charge in [0, 0.05) is 23.8 Å². The summed E-state index contributed by atoms with van der Waals surface area (Å²) in [5.41, 5.74) is 2.63. The Hall–Kier alpha value is -3.78. The van der Waals surface area contributed by atoms with Crippen LogP contribution >= 0.6 is 11.6 Å². The smallest absolute Gasteiger partial charge is 0.270 e. The van der Waals surface area contributed by atoms with Gasteiger partial charge in [-0.3, -0.25) is 9.48 Å². The molecule has 2 aromatic heterocycles. The van der Waals surface area contributed by atoms with Crippen molar-refractivity contribution in [2.24, 2.45) is 7.05 Å². The molecule has 1 amide bonds. The van der Waals surface area contributed by atoms with Crippen LogP contribution in [0.2, 0.25) is 5.02 Å². The molecule has 0 aliphatic heterocycles. The second-order valence-corrected chi connectivity index (χ2v) is 7.71. The van der Waals surface area contributed by atoms with Crippen molar-refractivity contribution in [2.45, 2.75) is 13.0 Å². The molecule has 9 heteroatoms. The number of hydrogen-bond acceptors (Lipinski definition) is 5. The lowest BCUT2D eigenvalue weighted by molar-refractivity contribution is 0.0934. The third-order valence-corrected chi connectivity index (χ3v) is 5.13. The number of amides is 1. The Morgan fingerprint density at radius 3 is 2.53 bits per heavy atom. The van der Waals surface area contributed by atoms with E-state index in [9.17, 15) is 14.3 Å². The summed E-state index contributed by atoms with van der Waals surface area (Å²) >= 11 is 6.00. The molecule has 7 nitrogen and oxygen atoms in total. The summed E-state index contributed by atoms with van der Waals surface area (Å²) in [7, 11) is 1.78. The number of aromatic nitrogens is 4. The van der Waals surface area contributed by atoms with Crippen molar-refractivity contribution >= 4 is 17.5 Å². The van der Waals surface area contributed by atoms with Crippen LogP contribution in [0.5, 0.6) is 5.75 Å². The van der Waals surface area contributed by atoms with E-state index < -0.39 is 23.5 Å². The van der Waals surface area contributed by atoms with Gasteiger partial charge in [-0.25, -0.2) is 14.4 Å². The molecule has 2 heterocycles. The van der Waals surface area contributed by atoms with Gasteiger partial charge >= 0.3 is 0 Å². The van der Waals surface area contributed by atoms with Crippen molar-refractivity contribution in [1.82, 2.24) is 25.1 Å². The number of aryl methyl sites for hydroxylation is 1. The molecule has 1 unspecified atom stereocenters. The molecule has 0 aliphatic carbocycles. The summed E-state index contributed by atoms with van der Waals surface area (Å²) in [6.07, 6.45) is 3.37. The molecule has 4 aromatic rings. The van der Waals surface area contributed by atoms with Gasteiger partial charge in [0.15, 0.2) is 17.4 Å². The van der Waals surface area contributed by atoms with Crippen LogP contribution in [0.15, 0.2) is 60.9 Å².